The third-order valence-electron chi connectivity index (χ3n) is 1.87. The molecule has 15 heavy (non-hydrogen) atoms. The van der Waals surface area contributed by atoms with Gasteiger partial charge in [-0.2, -0.15) is 0 Å². The molecule has 0 saturated heterocycles. The van der Waals surface area contributed by atoms with Crippen molar-refractivity contribution in [1.29, 1.82) is 0 Å². The summed E-state index contributed by atoms with van der Waals surface area (Å²) in [6.45, 7) is 4.82. The molecule has 0 bridgehead atoms. The summed E-state index contributed by atoms with van der Waals surface area (Å²) in [5.41, 5.74) is 5.65. The molecule has 0 aliphatic rings. The van der Waals surface area contributed by atoms with Crippen LogP contribution in [0.15, 0.2) is 0 Å². The molecule has 6 heteroatoms. The average molecular weight is 381 g/mol. The van der Waals surface area contributed by atoms with Crippen LogP contribution in [0.25, 0.3) is 0 Å². The van der Waals surface area contributed by atoms with Crippen molar-refractivity contribution in [2.24, 2.45) is 5.73 Å². The molecule has 0 fully saturated rings. The van der Waals surface area contributed by atoms with E-state index in [9.17, 15) is 0 Å². The minimum absolute atomic E-state index is 0.232. The minimum atomic E-state index is -3.16. The van der Waals surface area contributed by atoms with E-state index in [1.165, 1.54) is 0 Å². The van der Waals surface area contributed by atoms with E-state index in [4.69, 9.17) is 26.7 Å². The molecular formula is C9H21Cl2NOSSn. The quantitative estimate of drug-likeness (QED) is 0.492. The van der Waals surface area contributed by atoms with Crippen molar-refractivity contribution in [1.82, 2.24) is 0 Å². The molecule has 0 heterocycles. The van der Waals surface area contributed by atoms with E-state index in [0.29, 0.717) is 6.61 Å². The Balaban J connectivity index is 3.48. The fraction of sp³-hybridized carbons (Fsp3) is 1.00. The number of halogens is 2. The number of hydrogen-bond donors (Lipinski definition) is 1. The summed E-state index contributed by atoms with van der Waals surface area (Å²) in [5, 5.41) is 0. The molecule has 0 aromatic heterocycles. The molecule has 1 unspecified atom stereocenters. The number of thioether (sulfide) groups is 1. The van der Waals surface area contributed by atoms with Gasteiger partial charge in [0.2, 0.25) is 0 Å². The van der Waals surface area contributed by atoms with Gasteiger partial charge in [0.15, 0.2) is 0 Å². The summed E-state index contributed by atoms with van der Waals surface area (Å²) in [6.07, 6.45) is 1.97. The zero-order chi connectivity index (χ0) is 11.7. The van der Waals surface area contributed by atoms with Crippen LogP contribution in [0, 0.1) is 0 Å². The van der Waals surface area contributed by atoms with E-state index >= 15 is 0 Å². The second-order valence-corrected chi connectivity index (χ2v) is 20.3. The van der Waals surface area contributed by atoms with Gasteiger partial charge in [-0.15, -0.1) is 0 Å². The summed E-state index contributed by atoms with van der Waals surface area (Å²) in [4.78, 5) is 0. The molecule has 1 atom stereocenters. The van der Waals surface area contributed by atoms with Gasteiger partial charge in [0.1, 0.15) is 0 Å². The van der Waals surface area contributed by atoms with Crippen molar-refractivity contribution in [3.05, 3.63) is 0 Å². The van der Waals surface area contributed by atoms with Gasteiger partial charge in [-0.3, -0.25) is 0 Å². The molecule has 0 aliphatic carbocycles. The Morgan fingerprint density at radius 3 is 2.67 bits per heavy atom. The molecule has 2 N–H and O–H groups in total. The van der Waals surface area contributed by atoms with Crippen LogP contribution < -0.4 is 5.73 Å². The SMILES string of the molecule is CCSCC[O][Sn]([Cl])([Cl])[CH2]CCC(C)N. The summed E-state index contributed by atoms with van der Waals surface area (Å²) in [6, 6.07) is 0.232. The van der Waals surface area contributed by atoms with Crippen LogP contribution in [-0.2, 0) is 3.07 Å². The first-order chi connectivity index (χ1) is 6.98. The van der Waals surface area contributed by atoms with E-state index in [2.05, 4.69) is 6.92 Å². The summed E-state index contributed by atoms with van der Waals surface area (Å²) in [7, 11) is 12.4. The van der Waals surface area contributed by atoms with Gasteiger partial charge < -0.3 is 0 Å². The first-order valence-corrected chi connectivity index (χ1v) is 16.9. The average Bonchev–Trinajstić information content (AvgIpc) is 2.11. The molecule has 0 amide bonds. The van der Waals surface area contributed by atoms with Crippen LogP contribution in [0.2, 0.25) is 4.44 Å². The molecule has 2 nitrogen and oxygen atoms in total. The van der Waals surface area contributed by atoms with Crippen molar-refractivity contribution in [3.63, 3.8) is 0 Å². The van der Waals surface area contributed by atoms with Gasteiger partial charge in [0.25, 0.3) is 0 Å². The van der Waals surface area contributed by atoms with Gasteiger partial charge in [0, 0.05) is 0 Å². The van der Waals surface area contributed by atoms with Crippen LogP contribution in [0.5, 0.6) is 0 Å². The van der Waals surface area contributed by atoms with E-state index in [-0.39, 0.29) is 6.04 Å². The maximum atomic E-state index is 6.20. The van der Waals surface area contributed by atoms with Crippen LogP contribution >= 0.6 is 29.6 Å². The first-order valence-electron chi connectivity index (χ1n) is 5.33. The molecule has 0 saturated carbocycles. The number of hydrogen-bond acceptors (Lipinski definition) is 3. The fourth-order valence-corrected chi connectivity index (χ4v) is 8.15. The molecule has 0 rings (SSSR count). The monoisotopic (exact) mass is 381 g/mol. The Morgan fingerprint density at radius 1 is 1.47 bits per heavy atom. The fourth-order valence-electron chi connectivity index (χ4n) is 1.10. The van der Waals surface area contributed by atoms with Crippen LogP contribution in [0.1, 0.15) is 26.7 Å². The summed E-state index contributed by atoms with van der Waals surface area (Å²) in [5.74, 6) is 2.10. The predicted molar refractivity (Wildman–Crippen MR) is 74.1 cm³/mol. The van der Waals surface area contributed by atoms with Crippen molar-refractivity contribution in [3.8, 4) is 0 Å². The second kappa shape index (κ2) is 9.66. The van der Waals surface area contributed by atoms with Crippen molar-refractivity contribution >= 4 is 46.1 Å². The van der Waals surface area contributed by atoms with E-state index in [1.54, 1.807) is 0 Å². The molecule has 92 valence electrons. The van der Waals surface area contributed by atoms with E-state index < -0.39 is 16.5 Å². The molecule has 0 aromatic rings. The predicted octanol–water partition coefficient (Wildman–Crippen LogP) is 3.30. The van der Waals surface area contributed by atoms with E-state index in [0.717, 1.165) is 28.8 Å². The number of nitrogens with two attached hydrogens (primary N) is 1. The summed E-state index contributed by atoms with van der Waals surface area (Å²) >= 11 is -1.32. The van der Waals surface area contributed by atoms with Crippen LogP contribution in [-0.4, -0.2) is 40.7 Å². The number of rotatable bonds is 9. The second-order valence-electron chi connectivity index (χ2n) is 3.55. The third-order valence-corrected chi connectivity index (χ3v) is 11.2. The first kappa shape index (κ1) is 16.6. The zero-order valence-corrected chi connectivity index (χ0v) is 14.7. The zero-order valence-electron chi connectivity index (χ0n) is 9.47. The molecule has 0 spiro atoms. The summed E-state index contributed by atoms with van der Waals surface area (Å²) < 4.78 is 6.44. The molecular weight excluding hydrogens is 360 g/mol. The van der Waals surface area contributed by atoms with Gasteiger partial charge >= 0.3 is 110 Å². The normalized spacial score (nSPS) is 14.2. The van der Waals surface area contributed by atoms with Gasteiger partial charge in [-0.1, -0.05) is 0 Å². The Hall–Kier alpha value is 1.65. The van der Waals surface area contributed by atoms with Crippen molar-refractivity contribution in [2.45, 2.75) is 37.2 Å². The van der Waals surface area contributed by atoms with Gasteiger partial charge in [0.05, 0.1) is 0 Å². The van der Waals surface area contributed by atoms with Crippen molar-refractivity contribution < 1.29 is 3.07 Å². The topological polar surface area (TPSA) is 35.2 Å². The molecule has 0 aliphatic heterocycles. The Bertz CT molecular complexity index is 161. The Labute approximate surface area is 109 Å². The van der Waals surface area contributed by atoms with Gasteiger partial charge in [-0.25, -0.2) is 0 Å². The standard InChI is InChI=1S/C5H12N.C4H9OS.2ClH.Sn/c1-3-4-5(2)6;1-2-6-4-3-5;;;/h5H,1,3-4,6H2,2H3;2-4H2,1H3;2*1H;/q;-1;;;+3/p-2. The van der Waals surface area contributed by atoms with Crippen LogP contribution in [0.4, 0.5) is 0 Å². The van der Waals surface area contributed by atoms with Crippen LogP contribution in [0.3, 0.4) is 0 Å². The molecule has 0 radical (unpaired) electrons. The molecule has 0 aromatic carbocycles. The van der Waals surface area contributed by atoms with Gasteiger partial charge in [-0.05, 0) is 0 Å². The Morgan fingerprint density at radius 2 is 2.13 bits per heavy atom. The van der Waals surface area contributed by atoms with Crippen molar-refractivity contribution in [2.75, 3.05) is 18.1 Å². The van der Waals surface area contributed by atoms with E-state index in [1.807, 2.05) is 18.7 Å². The third kappa shape index (κ3) is 11.9. The maximum absolute atomic E-state index is 6.20. The Kier molecular flexibility index (Phi) is 10.7.